The van der Waals surface area contributed by atoms with Crippen molar-refractivity contribution in [3.63, 3.8) is 0 Å². The van der Waals surface area contributed by atoms with Crippen molar-refractivity contribution in [1.82, 2.24) is 10.2 Å². The number of carbonyl (C=O) groups is 3. The van der Waals surface area contributed by atoms with Crippen LogP contribution in [-0.4, -0.2) is 52.2 Å². The summed E-state index contributed by atoms with van der Waals surface area (Å²) in [6, 6.07) is 15.2. The van der Waals surface area contributed by atoms with Crippen molar-refractivity contribution >= 4 is 18.0 Å². The van der Waals surface area contributed by atoms with Crippen molar-refractivity contribution < 1.29 is 24.2 Å². The van der Waals surface area contributed by atoms with Gasteiger partial charge in [-0.3, -0.25) is 4.79 Å². The van der Waals surface area contributed by atoms with E-state index in [-0.39, 0.29) is 24.5 Å². The first-order valence-corrected chi connectivity index (χ1v) is 12.3. The quantitative estimate of drug-likeness (QED) is 0.551. The zero-order valence-electron chi connectivity index (χ0n) is 19.6. The highest BCUT2D eigenvalue weighted by Gasteiger charge is 2.59. The fourth-order valence-electron chi connectivity index (χ4n) is 6.13. The normalized spacial score (nSPS) is 22.9. The SMILES string of the molecule is C=CCCC(NC(=O)OCC1c2ccccc2-c2ccccc21)C(=O)N1C2CCC1(C(=O)O)CC2. The first kappa shape index (κ1) is 23.1. The number of fused-ring (bicyclic) bond motifs is 5. The third kappa shape index (κ3) is 3.89. The van der Waals surface area contributed by atoms with Crippen LogP contribution in [0, 0.1) is 0 Å². The minimum atomic E-state index is -1.16. The maximum Gasteiger partial charge on any atom is 0.407 e. The highest BCUT2D eigenvalue weighted by Crippen LogP contribution is 2.47. The first-order valence-electron chi connectivity index (χ1n) is 12.3. The van der Waals surface area contributed by atoms with Crippen LogP contribution in [0.15, 0.2) is 61.2 Å². The van der Waals surface area contributed by atoms with Gasteiger partial charge < -0.3 is 20.1 Å². The Kier molecular flexibility index (Phi) is 6.09. The molecule has 2 aliphatic heterocycles. The van der Waals surface area contributed by atoms with Crippen molar-refractivity contribution in [2.24, 2.45) is 0 Å². The fraction of sp³-hybridized carbons (Fsp3) is 0.393. The number of carbonyl (C=O) groups excluding carboxylic acids is 2. The van der Waals surface area contributed by atoms with Crippen LogP contribution in [0.3, 0.4) is 0 Å². The Morgan fingerprint density at radius 1 is 1.09 bits per heavy atom. The van der Waals surface area contributed by atoms with E-state index in [1.807, 2.05) is 36.4 Å². The highest BCUT2D eigenvalue weighted by molar-refractivity contribution is 5.93. The Morgan fingerprint density at radius 3 is 2.26 bits per heavy atom. The van der Waals surface area contributed by atoms with Gasteiger partial charge in [0.25, 0.3) is 0 Å². The number of ether oxygens (including phenoxy) is 1. The summed E-state index contributed by atoms with van der Waals surface area (Å²) in [5.41, 5.74) is 3.34. The summed E-state index contributed by atoms with van der Waals surface area (Å²) in [4.78, 5) is 40.0. The predicted octanol–water partition coefficient (Wildman–Crippen LogP) is 4.47. The molecule has 2 fully saturated rings. The van der Waals surface area contributed by atoms with E-state index in [1.165, 1.54) is 4.90 Å². The molecule has 1 aliphatic carbocycles. The summed E-state index contributed by atoms with van der Waals surface area (Å²) in [5, 5.41) is 12.6. The van der Waals surface area contributed by atoms with Crippen LogP contribution in [0.5, 0.6) is 0 Å². The van der Waals surface area contributed by atoms with E-state index in [4.69, 9.17) is 4.74 Å². The number of rotatable bonds is 8. The maximum atomic E-state index is 13.5. The zero-order chi connectivity index (χ0) is 24.6. The summed E-state index contributed by atoms with van der Waals surface area (Å²) in [6.45, 7) is 3.87. The number of carboxylic acid groups (broad SMARTS) is 1. The van der Waals surface area contributed by atoms with E-state index in [2.05, 4.69) is 24.0 Å². The molecule has 2 N–H and O–H groups in total. The van der Waals surface area contributed by atoms with E-state index in [0.717, 1.165) is 22.3 Å². The first-order chi connectivity index (χ1) is 17.0. The number of allylic oxidation sites excluding steroid dienone is 1. The zero-order valence-corrected chi connectivity index (χ0v) is 19.6. The van der Waals surface area contributed by atoms with E-state index >= 15 is 0 Å². The molecule has 3 aliphatic rings. The molecule has 1 unspecified atom stereocenters. The molecule has 0 spiro atoms. The van der Waals surface area contributed by atoms with Crippen LogP contribution < -0.4 is 5.32 Å². The standard InChI is InChI=1S/C28H30N2O5/c1-2-3-12-24(25(31)30-18-13-15-28(30,16-14-18)26(32)33)29-27(34)35-17-23-21-10-6-4-8-19(21)20-9-5-7-11-22(20)23/h2,4-11,18,23-24H,1,3,12-17H2,(H,29,34)(H,32,33). The third-order valence-corrected chi connectivity index (χ3v) is 7.84. The molecule has 0 aromatic heterocycles. The molecule has 5 rings (SSSR count). The highest BCUT2D eigenvalue weighted by atomic mass is 16.5. The second kappa shape index (κ2) is 9.21. The van der Waals surface area contributed by atoms with Crippen molar-refractivity contribution in [3.05, 3.63) is 72.3 Å². The van der Waals surface area contributed by atoms with E-state index in [0.29, 0.717) is 38.5 Å². The van der Waals surface area contributed by atoms with Gasteiger partial charge in [0.15, 0.2) is 0 Å². The number of alkyl carbamates (subject to hydrolysis) is 1. The summed E-state index contributed by atoms with van der Waals surface area (Å²) >= 11 is 0. The Bertz CT molecular complexity index is 1120. The molecule has 2 saturated heterocycles. The lowest BCUT2D eigenvalue weighted by Gasteiger charge is -2.33. The van der Waals surface area contributed by atoms with Gasteiger partial charge >= 0.3 is 12.1 Å². The summed E-state index contributed by atoms with van der Waals surface area (Å²) in [6.07, 6.45) is 4.13. The number of aliphatic carboxylic acids is 1. The molecule has 0 saturated carbocycles. The Hall–Kier alpha value is -3.61. The van der Waals surface area contributed by atoms with E-state index in [9.17, 15) is 19.5 Å². The predicted molar refractivity (Wildman–Crippen MR) is 131 cm³/mol. The molecule has 2 aromatic rings. The molecule has 2 aromatic carbocycles. The summed E-state index contributed by atoms with van der Waals surface area (Å²) in [5.74, 6) is -1.39. The fourth-order valence-corrected chi connectivity index (χ4v) is 6.13. The van der Waals surface area contributed by atoms with Gasteiger partial charge in [-0.25, -0.2) is 9.59 Å². The molecule has 0 radical (unpaired) electrons. The van der Waals surface area contributed by atoms with Crippen LogP contribution in [0.2, 0.25) is 0 Å². The van der Waals surface area contributed by atoms with Crippen molar-refractivity contribution in [2.45, 2.75) is 62.1 Å². The lowest BCUT2D eigenvalue weighted by atomic mass is 9.88. The molecular weight excluding hydrogens is 444 g/mol. The molecular formula is C28H30N2O5. The second-order valence-electron chi connectivity index (χ2n) is 9.66. The van der Waals surface area contributed by atoms with Crippen molar-refractivity contribution in [2.75, 3.05) is 6.61 Å². The second-order valence-corrected chi connectivity index (χ2v) is 9.66. The summed E-state index contributed by atoms with van der Waals surface area (Å²) < 4.78 is 5.64. The minimum absolute atomic E-state index is 0.0832. The molecule has 2 bridgehead atoms. The van der Waals surface area contributed by atoms with Crippen LogP contribution >= 0.6 is 0 Å². The summed E-state index contributed by atoms with van der Waals surface area (Å²) in [7, 11) is 0. The van der Waals surface area contributed by atoms with Gasteiger partial charge in [-0.2, -0.15) is 0 Å². The largest absolute Gasteiger partial charge is 0.479 e. The molecule has 182 valence electrons. The van der Waals surface area contributed by atoms with Crippen LogP contribution in [-0.2, 0) is 14.3 Å². The molecule has 2 amide bonds. The average molecular weight is 475 g/mol. The maximum absolute atomic E-state index is 13.5. The number of hydrogen-bond acceptors (Lipinski definition) is 4. The molecule has 1 atom stereocenters. The number of benzene rings is 2. The molecule has 35 heavy (non-hydrogen) atoms. The Morgan fingerprint density at radius 2 is 1.69 bits per heavy atom. The average Bonchev–Trinajstić information content (AvgIpc) is 3.54. The lowest BCUT2D eigenvalue weighted by Crippen LogP contribution is -2.57. The van der Waals surface area contributed by atoms with Gasteiger partial charge in [-0.1, -0.05) is 54.6 Å². The smallest absolute Gasteiger partial charge is 0.407 e. The van der Waals surface area contributed by atoms with Crippen molar-refractivity contribution in [3.8, 4) is 11.1 Å². The van der Waals surface area contributed by atoms with E-state index in [1.54, 1.807) is 6.08 Å². The van der Waals surface area contributed by atoms with Crippen LogP contribution in [0.1, 0.15) is 55.6 Å². The molecule has 7 nitrogen and oxygen atoms in total. The topological polar surface area (TPSA) is 95.9 Å². The van der Waals surface area contributed by atoms with Gasteiger partial charge in [-0.15, -0.1) is 6.58 Å². The monoisotopic (exact) mass is 474 g/mol. The van der Waals surface area contributed by atoms with Crippen molar-refractivity contribution in [1.29, 1.82) is 0 Å². The number of carboxylic acids is 1. The van der Waals surface area contributed by atoms with Crippen LogP contribution in [0.25, 0.3) is 11.1 Å². The molecule has 2 heterocycles. The van der Waals surface area contributed by atoms with Gasteiger partial charge in [0.1, 0.15) is 18.2 Å². The van der Waals surface area contributed by atoms with Gasteiger partial charge in [0.2, 0.25) is 5.91 Å². The minimum Gasteiger partial charge on any atom is -0.479 e. The molecule has 7 heteroatoms. The van der Waals surface area contributed by atoms with Crippen LogP contribution in [0.4, 0.5) is 4.79 Å². The number of nitrogens with one attached hydrogen (secondary N) is 1. The van der Waals surface area contributed by atoms with Gasteiger partial charge in [0, 0.05) is 12.0 Å². The number of hydrogen-bond donors (Lipinski definition) is 2. The Labute approximate surface area is 204 Å². The third-order valence-electron chi connectivity index (χ3n) is 7.84. The number of nitrogens with zero attached hydrogens (tertiary/aromatic N) is 1. The van der Waals surface area contributed by atoms with E-state index < -0.39 is 23.6 Å². The number of amides is 2. The van der Waals surface area contributed by atoms with Gasteiger partial charge in [0.05, 0.1) is 0 Å². The lowest BCUT2D eigenvalue weighted by molar-refractivity contribution is -0.156. The van der Waals surface area contributed by atoms with Gasteiger partial charge in [-0.05, 0) is 60.8 Å². The Balaban J connectivity index is 1.29.